The van der Waals surface area contributed by atoms with Crippen LogP contribution < -0.4 is 5.32 Å². The van der Waals surface area contributed by atoms with Gasteiger partial charge in [0, 0.05) is 20.1 Å². The lowest BCUT2D eigenvalue weighted by molar-refractivity contribution is -0.0476. The summed E-state index contributed by atoms with van der Waals surface area (Å²) in [6, 6.07) is 0.620. The molecule has 0 aromatic rings. The molecule has 0 aliphatic heterocycles. The van der Waals surface area contributed by atoms with Gasteiger partial charge in [-0.1, -0.05) is 0 Å². The average molecular weight is 512 g/mol. The Bertz CT molecular complexity index is 752. The largest absolute Gasteiger partial charge is 0.498 e. The van der Waals surface area contributed by atoms with Crippen molar-refractivity contribution in [2.75, 3.05) is 13.7 Å². The van der Waals surface area contributed by atoms with Crippen LogP contribution in [0.2, 0.25) is 19.1 Å². The first-order chi connectivity index (χ1) is 13.2. The first kappa shape index (κ1) is 28.9. The molecule has 0 aliphatic rings. The van der Waals surface area contributed by atoms with E-state index in [-0.39, 0.29) is 6.54 Å². The standard InChI is InChI=1S/C13H23F6NO7S2Si/c1-9(27-11(21)20-6-5-7-30(3,4)26-2)8-10(28(22,23)12(14,15)16)29(24,25)13(17,18)19/h9-10H,5-8H2,1-4H3,(H,20,21). The van der Waals surface area contributed by atoms with Crippen LogP contribution in [0.5, 0.6) is 0 Å². The summed E-state index contributed by atoms with van der Waals surface area (Å²) in [5.41, 5.74) is -12.5. The van der Waals surface area contributed by atoms with Crippen LogP contribution in [0.3, 0.4) is 0 Å². The highest BCUT2D eigenvalue weighted by atomic mass is 32.3. The quantitative estimate of drug-likeness (QED) is 0.272. The first-order valence-corrected chi connectivity index (χ1v) is 14.5. The van der Waals surface area contributed by atoms with E-state index in [0.29, 0.717) is 12.5 Å². The smallest absolute Gasteiger partial charge is 0.446 e. The van der Waals surface area contributed by atoms with Crippen molar-refractivity contribution in [3.63, 3.8) is 0 Å². The van der Waals surface area contributed by atoms with Crippen molar-refractivity contribution in [3.8, 4) is 0 Å². The van der Waals surface area contributed by atoms with E-state index < -0.39 is 62.2 Å². The molecule has 180 valence electrons. The predicted octanol–water partition coefficient (Wildman–Crippen LogP) is 2.93. The lowest BCUT2D eigenvalue weighted by Crippen LogP contribution is -2.46. The van der Waals surface area contributed by atoms with Crippen LogP contribution >= 0.6 is 0 Å². The third kappa shape index (κ3) is 7.88. The van der Waals surface area contributed by atoms with Gasteiger partial charge in [-0.15, -0.1) is 0 Å². The molecule has 8 nitrogen and oxygen atoms in total. The summed E-state index contributed by atoms with van der Waals surface area (Å²) in [5.74, 6) is 0. The van der Waals surface area contributed by atoms with Crippen molar-refractivity contribution in [1.82, 2.24) is 5.32 Å². The van der Waals surface area contributed by atoms with Gasteiger partial charge in [0.25, 0.3) is 19.7 Å². The number of carbonyl (C=O) groups excluding carboxylic acids is 1. The molecule has 0 aromatic heterocycles. The van der Waals surface area contributed by atoms with E-state index in [1.165, 1.54) is 7.11 Å². The van der Waals surface area contributed by atoms with Crippen LogP contribution in [-0.4, -0.2) is 66.6 Å². The third-order valence-corrected chi connectivity index (χ3v) is 11.2. The van der Waals surface area contributed by atoms with Gasteiger partial charge >= 0.3 is 17.1 Å². The SMILES string of the molecule is CO[Si](C)(C)CCCNC(=O)OC(C)CC(S(=O)(=O)C(F)(F)F)S(=O)(=O)C(F)(F)F. The number of hydrogen-bond acceptors (Lipinski definition) is 7. The molecule has 0 saturated heterocycles. The zero-order valence-electron chi connectivity index (χ0n) is 16.4. The fraction of sp³-hybridized carbons (Fsp3) is 0.923. The molecule has 0 heterocycles. The molecule has 0 rings (SSSR count). The Morgan fingerprint density at radius 1 is 1.00 bits per heavy atom. The second-order valence-electron chi connectivity index (χ2n) is 6.86. The van der Waals surface area contributed by atoms with Crippen LogP contribution in [0.4, 0.5) is 31.1 Å². The van der Waals surface area contributed by atoms with Crippen LogP contribution in [0.15, 0.2) is 0 Å². The van der Waals surface area contributed by atoms with E-state index in [2.05, 4.69) is 10.1 Å². The van der Waals surface area contributed by atoms with Gasteiger partial charge in [0.05, 0.1) is 0 Å². The Kier molecular flexibility index (Phi) is 9.67. The zero-order valence-corrected chi connectivity index (χ0v) is 19.1. The van der Waals surface area contributed by atoms with Gasteiger partial charge in [0.2, 0.25) is 0 Å². The number of nitrogens with one attached hydrogen (secondary N) is 1. The Morgan fingerprint density at radius 2 is 1.43 bits per heavy atom. The van der Waals surface area contributed by atoms with Crippen LogP contribution in [-0.2, 0) is 28.8 Å². The van der Waals surface area contributed by atoms with Crippen LogP contribution in [0.25, 0.3) is 0 Å². The molecule has 30 heavy (non-hydrogen) atoms. The Labute approximate surface area is 171 Å². The molecule has 0 bridgehead atoms. The molecule has 0 aliphatic carbocycles. The Balaban J connectivity index is 5.26. The maximum absolute atomic E-state index is 12.7. The summed E-state index contributed by atoms with van der Waals surface area (Å²) in [7, 11) is -14.0. The number of ether oxygens (including phenoxy) is 1. The van der Waals surface area contributed by atoms with Crippen LogP contribution in [0, 0.1) is 0 Å². The van der Waals surface area contributed by atoms with Gasteiger partial charge in [0.1, 0.15) is 6.10 Å². The summed E-state index contributed by atoms with van der Waals surface area (Å²) >= 11 is 0. The fourth-order valence-electron chi connectivity index (χ4n) is 2.07. The number of sulfone groups is 2. The van der Waals surface area contributed by atoms with E-state index in [1.54, 1.807) is 0 Å². The topological polar surface area (TPSA) is 116 Å². The number of halogens is 6. The van der Waals surface area contributed by atoms with Gasteiger partial charge in [-0.3, -0.25) is 0 Å². The molecular weight excluding hydrogens is 488 g/mol. The predicted molar refractivity (Wildman–Crippen MR) is 96.2 cm³/mol. The molecule has 1 N–H and O–H groups in total. The van der Waals surface area contributed by atoms with Crippen molar-refractivity contribution >= 4 is 34.1 Å². The normalized spacial score (nSPS) is 15.2. The van der Waals surface area contributed by atoms with Crippen molar-refractivity contribution in [2.24, 2.45) is 0 Å². The van der Waals surface area contributed by atoms with E-state index in [9.17, 15) is 48.0 Å². The molecule has 1 atom stereocenters. The zero-order chi connectivity index (χ0) is 24.2. The molecule has 0 aromatic carbocycles. The number of rotatable bonds is 10. The number of alkyl carbamates (subject to hydrolysis) is 1. The minimum Gasteiger partial charge on any atom is -0.446 e. The highest BCUT2D eigenvalue weighted by Crippen LogP contribution is 2.38. The molecule has 0 saturated carbocycles. The maximum Gasteiger partial charge on any atom is 0.498 e. The highest BCUT2D eigenvalue weighted by Gasteiger charge is 2.63. The number of amides is 1. The minimum absolute atomic E-state index is 0.0382. The molecular formula is C13H23F6NO7S2Si. The summed E-state index contributed by atoms with van der Waals surface area (Å²) < 4.78 is 128. The van der Waals surface area contributed by atoms with Crippen molar-refractivity contribution in [2.45, 2.75) is 60.6 Å². The third-order valence-electron chi connectivity index (χ3n) is 3.95. The van der Waals surface area contributed by atoms with Gasteiger partial charge in [-0.25, -0.2) is 21.6 Å². The van der Waals surface area contributed by atoms with E-state index >= 15 is 0 Å². The summed E-state index contributed by atoms with van der Waals surface area (Å²) in [6.07, 6.45) is -4.48. The molecule has 17 heteroatoms. The minimum atomic E-state index is -6.78. The molecule has 0 spiro atoms. The number of hydrogen-bond donors (Lipinski definition) is 1. The van der Waals surface area contributed by atoms with Gasteiger partial charge in [-0.05, 0) is 32.5 Å². The summed E-state index contributed by atoms with van der Waals surface area (Å²) in [4.78, 5) is 11.6. The van der Waals surface area contributed by atoms with Gasteiger partial charge in [0.15, 0.2) is 12.9 Å². The molecule has 1 amide bonds. The van der Waals surface area contributed by atoms with E-state index in [4.69, 9.17) is 4.43 Å². The summed E-state index contributed by atoms with van der Waals surface area (Å²) in [5, 5.41) is 2.18. The first-order valence-electron chi connectivity index (χ1n) is 8.29. The number of carbonyl (C=O) groups is 1. The molecule has 1 unspecified atom stereocenters. The van der Waals surface area contributed by atoms with Crippen molar-refractivity contribution in [1.29, 1.82) is 0 Å². The summed E-state index contributed by atoms with van der Waals surface area (Å²) in [6.45, 7) is 4.60. The maximum atomic E-state index is 12.7. The van der Waals surface area contributed by atoms with Crippen molar-refractivity contribution in [3.05, 3.63) is 0 Å². The average Bonchev–Trinajstić information content (AvgIpc) is 2.54. The van der Waals surface area contributed by atoms with Crippen molar-refractivity contribution < 1.29 is 57.1 Å². The van der Waals surface area contributed by atoms with E-state index in [1.807, 2.05) is 13.1 Å². The second-order valence-corrected chi connectivity index (χ2v) is 15.8. The van der Waals surface area contributed by atoms with E-state index in [0.717, 1.165) is 6.92 Å². The van der Waals surface area contributed by atoms with Crippen LogP contribution in [0.1, 0.15) is 19.8 Å². The van der Waals surface area contributed by atoms with Gasteiger partial charge < -0.3 is 14.5 Å². The highest BCUT2D eigenvalue weighted by molar-refractivity contribution is 8.09. The molecule has 0 radical (unpaired) electrons. The monoisotopic (exact) mass is 511 g/mol. The lowest BCUT2D eigenvalue weighted by Gasteiger charge is -2.23. The molecule has 0 fully saturated rings. The van der Waals surface area contributed by atoms with Gasteiger partial charge in [-0.2, -0.15) is 26.3 Å². The lowest BCUT2D eigenvalue weighted by atomic mass is 10.3. The fourth-order valence-corrected chi connectivity index (χ4v) is 6.93. The Hall–Kier alpha value is -1.07. The Morgan fingerprint density at radius 3 is 1.80 bits per heavy atom. The second kappa shape index (κ2) is 10.0. The number of alkyl halides is 6.